The van der Waals surface area contributed by atoms with Gasteiger partial charge >= 0.3 is 0 Å². The normalized spacial score (nSPS) is 28.1. The Morgan fingerprint density at radius 1 is 1.37 bits per heavy atom. The molecular formula is C13H21N3O2S. The van der Waals surface area contributed by atoms with Crippen LogP contribution in [-0.2, 0) is 9.59 Å². The molecule has 0 bridgehead atoms. The van der Waals surface area contributed by atoms with E-state index in [1.165, 1.54) is 25.8 Å². The van der Waals surface area contributed by atoms with Crippen LogP contribution in [0.25, 0.3) is 0 Å². The second-order valence-corrected chi connectivity index (χ2v) is 6.71. The largest absolute Gasteiger partial charge is 0.354 e. The minimum absolute atomic E-state index is 0.0132. The number of likely N-dealkylation sites (tertiary alicyclic amines) is 1. The lowest BCUT2D eigenvalue weighted by atomic mass is 10.1. The summed E-state index contributed by atoms with van der Waals surface area (Å²) in [5, 5.41) is 2.98. The minimum atomic E-state index is -0.0132. The Balaban J connectivity index is 1.35. The van der Waals surface area contributed by atoms with E-state index < -0.39 is 0 Å². The highest BCUT2D eigenvalue weighted by atomic mass is 32.2. The van der Waals surface area contributed by atoms with Crippen LogP contribution in [0.15, 0.2) is 0 Å². The van der Waals surface area contributed by atoms with Crippen molar-refractivity contribution in [3.05, 3.63) is 0 Å². The smallest absolute Gasteiger partial charge is 0.239 e. The van der Waals surface area contributed by atoms with E-state index >= 15 is 0 Å². The predicted octanol–water partition coefficient (Wildman–Crippen LogP) is 0.120. The molecule has 3 rings (SSSR count). The van der Waals surface area contributed by atoms with Gasteiger partial charge in [-0.15, -0.1) is 11.8 Å². The summed E-state index contributed by atoms with van der Waals surface area (Å²) in [4.78, 5) is 27.4. The van der Waals surface area contributed by atoms with E-state index in [2.05, 4.69) is 10.2 Å². The van der Waals surface area contributed by atoms with Gasteiger partial charge < -0.3 is 15.1 Å². The molecule has 106 valence electrons. The van der Waals surface area contributed by atoms with E-state index in [-0.39, 0.29) is 18.4 Å². The summed E-state index contributed by atoms with van der Waals surface area (Å²) in [6, 6.07) is 0.833. The van der Waals surface area contributed by atoms with E-state index in [1.807, 2.05) is 0 Å². The lowest BCUT2D eigenvalue weighted by molar-refractivity contribution is -0.132. The number of carbonyl (C=O) groups is 2. The van der Waals surface area contributed by atoms with Crippen LogP contribution in [0.3, 0.4) is 0 Å². The summed E-state index contributed by atoms with van der Waals surface area (Å²) in [6.45, 7) is 3.30. The maximum atomic E-state index is 11.8. The highest BCUT2D eigenvalue weighted by Gasteiger charge is 2.34. The van der Waals surface area contributed by atoms with E-state index in [9.17, 15) is 9.59 Å². The summed E-state index contributed by atoms with van der Waals surface area (Å²) >= 11 is 1.58. The third-order valence-corrected chi connectivity index (χ3v) is 5.07. The quantitative estimate of drug-likeness (QED) is 0.779. The summed E-state index contributed by atoms with van der Waals surface area (Å²) in [5.74, 6) is 1.84. The molecule has 19 heavy (non-hydrogen) atoms. The van der Waals surface area contributed by atoms with Gasteiger partial charge in [0, 0.05) is 19.1 Å². The van der Waals surface area contributed by atoms with Gasteiger partial charge in [-0.3, -0.25) is 9.59 Å². The molecule has 3 aliphatic rings. The first-order chi connectivity index (χ1) is 9.22. The van der Waals surface area contributed by atoms with Gasteiger partial charge in [-0.2, -0.15) is 0 Å². The van der Waals surface area contributed by atoms with E-state index in [1.54, 1.807) is 16.7 Å². The first kappa shape index (κ1) is 13.2. The Labute approximate surface area is 118 Å². The average Bonchev–Trinajstić information content (AvgIpc) is 3.01. The number of thioether (sulfide) groups is 1. The van der Waals surface area contributed by atoms with Crippen LogP contribution in [-0.4, -0.2) is 65.5 Å². The number of nitrogens with zero attached hydrogens (tertiary/aromatic N) is 2. The highest BCUT2D eigenvalue weighted by molar-refractivity contribution is 8.00. The van der Waals surface area contributed by atoms with Gasteiger partial charge in [-0.1, -0.05) is 0 Å². The molecule has 3 fully saturated rings. The zero-order valence-corrected chi connectivity index (χ0v) is 12.0. The number of hydrogen-bond acceptors (Lipinski definition) is 4. The highest BCUT2D eigenvalue weighted by Crippen LogP contribution is 2.31. The van der Waals surface area contributed by atoms with Gasteiger partial charge in [0.15, 0.2) is 0 Å². The van der Waals surface area contributed by atoms with Gasteiger partial charge in [-0.05, 0) is 31.7 Å². The van der Waals surface area contributed by atoms with Crippen LogP contribution in [0.2, 0.25) is 0 Å². The summed E-state index contributed by atoms with van der Waals surface area (Å²) < 4.78 is 0. The van der Waals surface area contributed by atoms with Crippen LogP contribution >= 0.6 is 11.8 Å². The van der Waals surface area contributed by atoms with Crippen LogP contribution in [0.1, 0.15) is 19.3 Å². The monoisotopic (exact) mass is 283 g/mol. The SMILES string of the molecule is O=C(CN1CSCC1=O)NCC1CCN(C2CC2)C1. The Morgan fingerprint density at radius 2 is 2.21 bits per heavy atom. The molecule has 1 aliphatic carbocycles. The fourth-order valence-electron chi connectivity index (χ4n) is 2.83. The van der Waals surface area contributed by atoms with Crippen molar-refractivity contribution in [1.82, 2.24) is 15.1 Å². The second kappa shape index (κ2) is 5.71. The van der Waals surface area contributed by atoms with Crippen molar-refractivity contribution in [2.75, 3.05) is 37.8 Å². The maximum Gasteiger partial charge on any atom is 0.239 e. The number of carbonyl (C=O) groups excluding carboxylic acids is 2. The molecule has 0 aromatic rings. The molecule has 2 heterocycles. The van der Waals surface area contributed by atoms with Crippen molar-refractivity contribution < 1.29 is 9.59 Å². The molecule has 1 unspecified atom stereocenters. The molecule has 0 radical (unpaired) electrons. The predicted molar refractivity (Wildman–Crippen MR) is 74.7 cm³/mol. The van der Waals surface area contributed by atoms with Gasteiger partial charge in [0.25, 0.3) is 0 Å². The molecule has 1 N–H and O–H groups in total. The van der Waals surface area contributed by atoms with Crippen LogP contribution < -0.4 is 5.32 Å². The number of hydrogen-bond donors (Lipinski definition) is 1. The molecule has 2 aliphatic heterocycles. The Morgan fingerprint density at radius 3 is 2.89 bits per heavy atom. The number of rotatable bonds is 5. The topological polar surface area (TPSA) is 52.7 Å². The average molecular weight is 283 g/mol. The molecule has 2 amide bonds. The molecular weight excluding hydrogens is 262 g/mol. The van der Waals surface area contributed by atoms with Crippen molar-refractivity contribution >= 4 is 23.6 Å². The van der Waals surface area contributed by atoms with Gasteiger partial charge in [0.05, 0.1) is 11.6 Å². The second-order valence-electron chi connectivity index (χ2n) is 5.75. The zero-order valence-electron chi connectivity index (χ0n) is 11.1. The molecule has 1 atom stereocenters. The van der Waals surface area contributed by atoms with E-state index in [0.717, 1.165) is 19.1 Å². The Hall–Kier alpha value is -0.750. The Kier molecular flexibility index (Phi) is 3.98. The lowest BCUT2D eigenvalue weighted by Crippen LogP contribution is -2.40. The van der Waals surface area contributed by atoms with Crippen molar-refractivity contribution in [3.8, 4) is 0 Å². The molecule has 1 saturated carbocycles. The third kappa shape index (κ3) is 3.42. The number of nitrogens with one attached hydrogen (secondary N) is 1. The summed E-state index contributed by atoms with van der Waals surface area (Å²) in [7, 11) is 0. The first-order valence-corrected chi connectivity index (χ1v) is 8.24. The molecule has 0 aromatic heterocycles. The van der Waals surface area contributed by atoms with Crippen LogP contribution in [0, 0.1) is 5.92 Å². The van der Waals surface area contributed by atoms with Crippen LogP contribution in [0.5, 0.6) is 0 Å². The zero-order chi connectivity index (χ0) is 13.2. The number of amides is 2. The minimum Gasteiger partial charge on any atom is -0.354 e. The third-order valence-electron chi connectivity index (χ3n) is 4.13. The molecule has 5 nitrogen and oxygen atoms in total. The fraction of sp³-hybridized carbons (Fsp3) is 0.846. The lowest BCUT2D eigenvalue weighted by Gasteiger charge is -2.17. The molecule has 2 saturated heterocycles. The van der Waals surface area contributed by atoms with Gasteiger partial charge in [0.2, 0.25) is 11.8 Å². The van der Waals surface area contributed by atoms with Crippen LogP contribution in [0.4, 0.5) is 0 Å². The van der Waals surface area contributed by atoms with Crippen molar-refractivity contribution in [2.24, 2.45) is 5.92 Å². The standard InChI is InChI=1S/C13H21N3O2S/c17-12(7-16-9-19-8-13(16)18)14-5-10-3-4-15(6-10)11-1-2-11/h10-11H,1-9H2,(H,14,17). The van der Waals surface area contributed by atoms with Crippen molar-refractivity contribution in [1.29, 1.82) is 0 Å². The van der Waals surface area contributed by atoms with Gasteiger partial charge in [0.1, 0.15) is 6.54 Å². The summed E-state index contributed by atoms with van der Waals surface area (Å²) in [5.41, 5.74) is 0. The maximum absolute atomic E-state index is 11.8. The molecule has 6 heteroatoms. The van der Waals surface area contributed by atoms with Gasteiger partial charge in [-0.25, -0.2) is 0 Å². The van der Waals surface area contributed by atoms with Crippen molar-refractivity contribution in [2.45, 2.75) is 25.3 Å². The van der Waals surface area contributed by atoms with Crippen molar-refractivity contribution in [3.63, 3.8) is 0 Å². The Bertz CT molecular complexity index is 373. The summed E-state index contributed by atoms with van der Waals surface area (Å²) in [6.07, 6.45) is 3.90. The molecule has 0 spiro atoms. The molecule has 0 aromatic carbocycles. The fourth-order valence-corrected chi connectivity index (χ4v) is 3.73. The van der Waals surface area contributed by atoms with E-state index in [0.29, 0.717) is 17.5 Å². The van der Waals surface area contributed by atoms with E-state index in [4.69, 9.17) is 0 Å². The first-order valence-electron chi connectivity index (χ1n) is 7.08.